The maximum atomic E-state index is 8.63. The lowest BCUT2D eigenvalue weighted by atomic mass is 10.1. The summed E-state index contributed by atoms with van der Waals surface area (Å²) >= 11 is 0. The van der Waals surface area contributed by atoms with Gasteiger partial charge in [0.25, 0.3) is 0 Å². The summed E-state index contributed by atoms with van der Waals surface area (Å²) in [5.74, 6) is 6.98. The van der Waals surface area contributed by atoms with Gasteiger partial charge in [0, 0.05) is 5.56 Å². The molecule has 0 fully saturated rings. The van der Waals surface area contributed by atoms with Crippen molar-refractivity contribution in [2.75, 3.05) is 19.9 Å². The van der Waals surface area contributed by atoms with Crippen LogP contribution in [0, 0.1) is 11.8 Å². The highest BCUT2D eigenvalue weighted by Crippen LogP contribution is 2.22. The number of aliphatic hydroxyl groups excluding tert-OH is 1. The summed E-state index contributed by atoms with van der Waals surface area (Å²) in [4.78, 5) is 0. The van der Waals surface area contributed by atoms with Crippen molar-refractivity contribution in [3.8, 4) is 17.6 Å². The summed E-state index contributed by atoms with van der Waals surface area (Å²) in [6, 6.07) is 12.3. The van der Waals surface area contributed by atoms with E-state index in [0.717, 1.165) is 35.1 Å². The van der Waals surface area contributed by atoms with Crippen LogP contribution < -0.4 is 10.1 Å². The average molecular weight is 297 g/mol. The third kappa shape index (κ3) is 5.07. The van der Waals surface area contributed by atoms with E-state index in [1.165, 1.54) is 12.8 Å². The minimum Gasteiger partial charge on any atom is -0.494 e. The fraction of sp³-hybridized carbons (Fsp3) is 0.368. The van der Waals surface area contributed by atoms with E-state index < -0.39 is 0 Å². The van der Waals surface area contributed by atoms with Gasteiger partial charge in [0.05, 0.1) is 19.9 Å². The highest BCUT2D eigenvalue weighted by atomic mass is 16.5. The van der Waals surface area contributed by atoms with Gasteiger partial charge >= 0.3 is 0 Å². The number of nitrogens with one attached hydrogen (secondary N) is 1. The van der Waals surface area contributed by atoms with Crippen LogP contribution >= 0.6 is 0 Å². The Labute approximate surface area is 132 Å². The molecule has 0 aliphatic heterocycles. The average Bonchev–Trinajstić information content (AvgIpc) is 2.55. The molecule has 116 valence electrons. The van der Waals surface area contributed by atoms with E-state index >= 15 is 0 Å². The predicted molar refractivity (Wildman–Crippen MR) is 90.9 cm³/mol. The van der Waals surface area contributed by atoms with Crippen molar-refractivity contribution in [2.24, 2.45) is 0 Å². The maximum absolute atomic E-state index is 8.63. The quantitative estimate of drug-likeness (QED) is 0.468. The maximum Gasteiger partial charge on any atom is 0.119 e. The normalized spacial score (nSPS) is 10.3. The summed E-state index contributed by atoms with van der Waals surface area (Å²) < 4.78 is 5.78. The lowest BCUT2D eigenvalue weighted by Gasteiger charge is -2.07. The highest BCUT2D eigenvalue weighted by molar-refractivity contribution is 5.85. The number of hydrogen-bond donors (Lipinski definition) is 2. The van der Waals surface area contributed by atoms with Crippen molar-refractivity contribution in [3.05, 3.63) is 42.0 Å². The number of ether oxygens (including phenoxy) is 1. The Morgan fingerprint density at radius 2 is 1.91 bits per heavy atom. The van der Waals surface area contributed by atoms with Crippen molar-refractivity contribution in [3.63, 3.8) is 0 Å². The third-order valence-electron chi connectivity index (χ3n) is 3.39. The second kappa shape index (κ2) is 9.09. The van der Waals surface area contributed by atoms with E-state index in [2.05, 4.69) is 48.3 Å². The molecule has 0 saturated carbocycles. The second-order valence-corrected chi connectivity index (χ2v) is 5.17. The largest absolute Gasteiger partial charge is 0.494 e. The van der Waals surface area contributed by atoms with Gasteiger partial charge in [-0.1, -0.05) is 43.7 Å². The highest BCUT2D eigenvalue weighted by Gasteiger charge is 1.99. The first-order valence-corrected chi connectivity index (χ1v) is 7.80. The Kier molecular flexibility index (Phi) is 6.76. The molecule has 3 nitrogen and oxygen atoms in total. The lowest BCUT2D eigenvalue weighted by molar-refractivity contribution is 0.268. The van der Waals surface area contributed by atoms with Crippen LogP contribution in [0.2, 0.25) is 0 Å². The van der Waals surface area contributed by atoms with E-state index in [0.29, 0.717) is 6.54 Å². The number of unbranched alkanes of at least 4 members (excludes halogenated alkanes) is 2. The molecular formula is C19H23NO2. The van der Waals surface area contributed by atoms with Crippen LogP contribution in [0.25, 0.3) is 10.8 Å². The zero-order chi connectivity index (χ0) is 15.6. The first kappa shape index (κ1) is 16.4. The van der Waals surface area contributed by atoms with Crippen molar-refractivity contribution in [2.45, 2.75) is 26.2 Å². The van der Waals surface area contributed by atoms with Crippen molar-refractivity contribution in [1.82, 2.24) is 5.32 Å². The Morgan fingerprint density at radius 1 is 1.09 bits per heavy atom. The first-order chi connectivity index (χ1) is 10.8. The molecule has 0 radical (unpaired) electrons. The topological polar surface area (TPSA) is 41.5 Å². The van der Waals surface area contributed by atoms with Gasteiger partial charge in [-0.15, -0.1) is 0 Å². The zero-order valence-corrected chi connectivity index (χ0v) is 13.1. The number of benzene rings is 2. The molecule has 0 bridgehead atoms. The smallest absolute Gasteiger partial charge is 0.119 e. The number of rotatable bonds is 7. The Bertz CT molecular complexity index is 655. The van der Waals surface area contributed by atoms with Gasteiger partial charge in [-0.2, -0.15) is 0 Å². The molecule has 0 spiro atoms. The van der Waals surface area contributed by atoms with Crippen molar-refractivity contribution in [1.29, 1.82) is 0 Å². The van der Waals surface area contributed by atoms with E-state index in [1.807, 2.05) is 12.1 Å². The molecule has 0 aliphatic carbocycles. The minimum atomic E-state index is -0.0482. The van der Waals surface area contributed by atoms with Crippen LogP contribution in [-0.2, 0) is 0 Å². The molecule has 0 heterocycles. The van der Waals surface area contributed by atoms with Crippen LogP contribution in [0.4, 0.5) is 0 Å². The lowest BCUT2D eigenvalue weighted by Crippen LogP contribution is -2.14. The Morgan fingerprint density at radius 3 is 2.73 bits per heavy atom. The fourth-order valence-electron chi connectivity index (χ4n) is 2.20. The van der Waals surface area contributed by atoms with Gasteiger partial charge < -0.3 is 9.84 Å². The molecule has 0 saturated heterocycles. The van der Waals surface area contributed by atoms with Gasteiger partial charge in [-0.05, 0) is 41.5 Å². The first-order valence-electron chi connectivity index (χ1n) is 7.80. The third-order valence-corrected chi connectivity index (χ3v) is 3.39. The Hall–Kier alpha value is -2.02. The van der Waals surface area contributed by atoms with E-state index in [9.17, 15) is 0 Å². The van der Waals surface area contributed by atoms with E-state index in [1.54, 1.807) is 0 Å². The predicted octanol–water partition coefficient (Wildman–Crippen LogP) is 3.30. The summed E-state index contributed by atoms with van der Waals surface area (Å²) in [5.41, 5.74) is 0.976. The molecule has 22 heavy (non-hydrogen) atoms. The molecule has 0 aromatic heterocycles. The number of hydrogen-bond acceptors (Lipinski definition) is 3. The van der Waals surface area contributed by atoms with Crippen LogP contribution in [0.3, 0.4) is 0 Å². The molecular weight excluding hydrogens is 274 g/mol. The fourth-order valence-corrected chi connectivity index (χ4v) is 2.20. The van der Waals surface area contributed by atoms with Gasteiger partial charge in [-0.3, -0.25) is 5.32 Å². The number of fused-ring (bicyclic) bond motifs is 1. The van der Waals surface area contributed by atoms with Gasteiger partial charge in [0.1, 0.15) is 5.75 Å². The van der Waals surface area contributed by atoms with Crippen molar-refractivity contribution < 1.29 is 9.84 Å². The minimum absolute atomic E-state index is 0.0482. The molecule has 0 aliphatic rings. The standard InChI is InChI=1S/C19H23NO2/c1-2-3-4-12-22-19-10-9-17-13-16(6-5-11-20-15-21)7-8-18(17)14-19/h7-10,13-14,20-21H,2-4,11-12,15H2,1H3. The molecule has 0 unspecified atom stereocenters. The second-order valence-electron chi connectivity index (χ2n) is 5.17. The summed E-state index contributed by atoms with van der Waals surface area (Å²) in [6.07, 6.45) is 3.52. The number of aliphatic hydroxyl groups is 1. The summed E-state index contributed by atoms with van der Waals surface area (Å²) in [7, 11) is 0. The SMILES string of the molecule is CCCCCOc1ccc2cc(C#CCNCO)ccc2c1. The van der Waals surface area contributed by atoms with Crippen LogP contribution in [0.5, 0.6) is 5.75 Å². The summed E-state index contributed by atoms with van der Waals surface area (Å²) in [6.45, 7) is 3.41. The monoisotopic (exact) mass is 297 g/mol. The zero-order valence-electron chi connectivity index (χ0n) is 13.1. The van der Waals surface area contributed by atoms with Crippen LogP contribution in [0.15, 0.2) is 36.4 Å². The molecule has 2 aromatic carbocycles. The molecule has 0 amide bonds. The van der Waals surface area contributed by atoms with Crippen LogP contribution in [0.1, 0.15) is 31.7 Å². The molecule has 0 atom stereocenters. The van der Waals surface area contributed by atoms with E-state index in [-0.39, 0.29) is 6.73 Å². The summed E-state index contributed by atoms with van der Waals surface area (Å²) in [5, 5.41) is 13.7. The molecule has 2 aromatic rings. The molecule has 2 rings (SSSR count). The van der Waals surface area contributed by atoms with Crippen LogP contribution in [-0.4, -0.2) is 25.0 Å². The molecule has 2 N–H and O–H groups in total. The van der Waals surface area contributed by atoms with Gasteiger partial charge in [0.15, 0.2) is 0 Å². The van der Waals surface area contributed by atoms with Gasteiger partial charge in [-0.25, -0.2) is 0 Å². The Balaban J connectivity index is 2.03. The van der Waals surface area contributed by atoms with E-state index in [4.69, 9.17) is 9.84 Å². The molecule has 3 heteroatoms. The van der Waals surface area contributed by atoms with Crippen molar-refractivity contribution >= 4 is 10.8 Å². The van der Waals surface area contributed by atoms with Gasteiger partial charge in [0.2, 0.25) is 0 Å².